The van der Waals surface area contributed by atoms with Gasteiger partial charge in [-0.2, -0.15) is 0 Å². The molecular weight excluding hydrogens is 310 g/mol. The zero-order valence-corrected chi connectivity index (χ0v) is 14.8. The monoisotopic (exact) mass is 333 g/mol. The van der Waals surface area contributed by atoms with E-state index in [-0.39, 0.29) is 5.91 Å². The van der Waals surface area contributed by atoms with Gasteiger partial charge in [0.2, 0.25) is 5.91 Å². The highest BCUT2D eigenvalue weighted by molar-refractivity contribution is 5.80. The lowest BCUT2D eigenvalue weighted by Crippen LogP contribution is -2.30. The van der Waals surface area contributed by atoms with Crippen LogP contribution in [0, 0.1) is 13.8 Å². The van der Waals surface area contributed by atoms with E-state index in [1.165, 1.54) is 11.1 Å². The summed E-state index contributed by atoms with van der Waals surface area (Å²) in [6.07, 6.45) is 1.48. The van der Waals surface area contributed by atoms with Gasteiger partial charge in [0.15, 0.2) is 0 Å². The van der Waals surface area contributed by atoms with Crippen molar-refractivity contribution in [2.75, 3.05) is 13.1 Å². The fraction of sp³-hybridized carbons (Fsp3) is 0.333. The normalized spacial score (nSPS) is 17.4. The zero-order chi connectivity index (χ0) is 17.4. The molecule has 4 rings (SSSR count). The molecule has 1 saturated heterocycles. The van der Waals surface area contributed by atoms with E-state index in [2.05, 4.69) is 47.7 Å². The molecule has 1 unspecified atom stereocenters. The van der Waals surface area contributed by atoms with Crippen LogP contribution in [-0.4, -0.2) is 33.4 Å². The number of para-hydroxylation sites is 2. The number of fused-ring (bicyclic) bond motifs is 1. The van der Waals surface area contributed by atoms with Gasteiger partial charge in [-0.15, -0.1) is 0 Å². The highest BCUT2D eigenvalue weighted by atomic mass is 16.2. The quantitative estimate of drug-likeness (QED) is 0.733. The Morgan fingerprint density at radius 2 is 1.88 bits per heavy atom. The van der Waals surface area contributed by atoms with Gasteiger partial charge in [0, 0.05) is 13.1 Å². The van der Waals surface area contributed by atoms with Crippen LogP contribution in [-0.2, 0) is 11.2 Å². The first kappa shape index (κ1) is 15.9. The van der Waals surface area contributed by atoms with Gasteiger partial charge in [-0.3, -0.25) is 4.79 Å². The van der Waals surface area contributed by atoms with Gasteiger partial charge in [-0.1, -0.05) is 36.4 Å². The Bertz CT molecular complexity index is 928. The van der Waals surface area contributed by atoms with E-state index >= 15 is 0 Å². The highest BCUT2D eigenvalue weighted by Crippen LogP contribution is 2.28. The van der Waals surface area contributed by atoms with Crippen molar-refractivity contribution in [1.29, 1.82) is 0 Å². The Morgan fingerprint density at radius 3 is 2.72 bits per heavy atom. The van der Waals surface area contributed by atoms with Crippen molar-refractivity contribution in [3.05, 3.63) is 65.5 Å². The summed E-state index contributed by atoms with van der Waals surface area (Å²) >= 11 is 0. The molecule has 0 saturated carbocycles. The summed E-state index contributed by atoms with van der Waals surface area (Å²) in [6, 6.07) is 16.7. The second kappa shape index (κ2) is 6.36. The lowest BCUT2D eigenvalue weighted by molar-refractivity contribution is -0.129. The lowest BCUT2D eigenvalue weighted by atomic mass is 10.1. The molecule has 3 aromatic rings. The molecule has 1 aliphatic rings. The predicted molar refractivity (Wildman–Crippen MR) is 99.6 cm³/mol. The molecule has 4 heteroatoms. The number of rotatable bonds is 3. The van der Waals surface area contributed by atoms with Gasteiger partial charge in [0.05, 0.1) is 23.5 Å². The molecule has 2 heterocycles. The Kier molecular flexibility index (Phi) is 4.04. The zero-order valence-electron chi connectivity index (χ0n) is 14.8. The third-order valence-electron chi connectivity index (χ3n) is 5.26. The summed E-state index contributed by atoms with van der Waals surface area (Å²) in [5.41, 5.74) is 4.51. The topological polar surface area (TPSA) is 38.1 Å². The molecule has 128 valence electrons. The summed E-state index contributed by atoms with van der Waals surface area (Å²) in [5, 5.41) is 0. The number of imidazole rings is 1. The molecule has 2 aromatic carbocycles. The van der Waals surface area contributed by atoms with E-state index in [1.54, 1.807) is 0 Å². The average molecular weight is 333 g/mol. The van der Waals surface area contributed by atoms with Crippen molar-refractivity contribution < 1.29 is 4.79 Å². The fourth-order valence-corrected chi connectivity index (χ4v) is 3.89. The van der Waals surface area contributed by atoms with Gasteiger partial charge < -0.3 is 9.47 Å². The van der Waals surface area contributed by atoms with E-state index in [0.717, 1.165) is 36.4 Å². The molecule has 0 spiro atoms. The van der Waals surface area contributed by atoms with Crippen molar-refractivity contribution >= 4 is 16.9 Å². The molecule has 0 bridgehead atoms. The fourth-order valence-electron chi connectivity index (χ4n) is 3.89. The number of nitrogens with zero attached hydrogens (tertiary/aromatic N) is 3. The maximum absolute atomic E-state index is 12.7. The van der Waals surface area contributed by atoms with Crippen LogP contribution in [0.5, 0.6) is 0 Å². The summed E-state index contributed by atoms with van der Waals surface area (Å²) in [7, 11) is 0. The van der Waals surface area contributed by atoms with E-state index < -0.39 is 0 Å². The number of likely N-dealkylation sites (tertiary alicyclic amines) is 1. The molecule has 1 amide bonds. The largest absolute Gasteiger partial charge is 0.340 e. The van der Waals surface area contributed by atoms with Crippen molar-refractivity contribution in [2.24, 2.45) is 0 Å². The van der Waals surface area contributed by atoms with Crippen LogP contribution in [0.15, 0.2) is 48.5 Å². The molecule has 1 aromatic heterocycles. The third kappa shape index (κ3) is 2.93. The molecule has 0 N–H and O–H groups in total. The molecule has 0 radical (unpaired) electrons. The van der Waals surface area contributed by atoms with Crippen LogP contribution in [0.3, 0.4) is 0 Å². The van der Waals surface area contributed by atoms with Crippen LogP contribution in [0.1, 0.15) is 29.4 Å². The van der Waals surface area contributed by atoms with Crippen molar-refractivity contribution in [1.82, 2.24) is 14.5 Å². The second-order valence-corrected chi connectivity index (χ2v) is 6.90. The summed E-state index contributed by atoms with van der Waals surface area (Å²) in [5.74, 6) is 1.25. The summed E-state index contributed by atoms with van der Waals surface area (Å²) < 4.78 is 2.30. The number of carbonyl (C=O) groups is 1. The first-order valence-corrected chi connectivity index (χ1v) is 8.89. The number of carbonyl (C=O) groups excluding carboxylic acids is 1. The standard InChI is InChI=1S/C21H23N3O/c1-15-7-3-4-8-17(15)13-21(25)23-12-11-18(14-23)24-16(2)22-19-9-5-6-10-20(19)24/h3-10,18H,11-14H2,1-2H3. The maximum Gasteiger partial charge on any atom is 0.227 e. The minimum atomic E-state index is 0.221. The molecule has 1 aliphatic heterocycles. The average Bonchev–Trinajstić information content (AvgIpc) is 3.20. The van der Waals surface area contributed by atoms with E-state index in [9.17, 15) is 4.79 Å². The Hall–Kier alpha value is -2.62. The van der Waals surface area contributed by atoms with Gasteiger partial charge in [0.1, 0.15) is 5.82 Å². The molecule has 4 nitrogen and oxygen atoms in total. The minimum absolute atomic E-state index is 0.221. The SMILES string of the molecule is Cc1ccccc1CC(=O)N1CCC(n2c(C)nc3ccccc32)C1. The van der Waals surface area contributed by atoms with Crippen LogP contribution < -0.4 is 0 Å². The molecule has 25 heavy (non-hydrogen) atoms. The Labute approximate surface area is 148 Å². The smallest absolute Gasteiger partial charge is 0.227 e. The van der Waals surface area contributed by atoms with Gasteiger partial charge in [0.25, 0.3) is 0 Å². The van der Waals surface area contributed by atoms with Crippen molar-refractivity contribution in [2.45, 2.75) is 32.7 Å². The lowest BCUT2D eigenvalue weighted by Gasteiger charge is -2.19. The number of aromatic nitrogens is 2. The van der Waals surface area contributed by atoms with E-state index in [0.29, 0.717) is 12.5 Å². The van der Waals surface area contributed by atoms with Gasteiger partial charge in [-0.25, -0.2) is 4.98 Å². The summed E-state index contributed by atoms with van der Waals surface area (Å²) in [6.45, 7) is 5.71. The maximum atomic E-state index is 12.7. The Balaban J connectivity index is 1.52. The number of aryl methyl sites for hydroxylation is 2. The van der Waals surface area contributed by atoms with Crippen LogP contribution >= 0.6 is 0 Å². The molecule has 1 fully saturated rings. The number of benzene rings is 2. The Morgan fingerprint density at radius 1 is 1.12 bits per heavy atom. The number of hydrogen-bond donors (Lipinski definition) is 0. The number of amides is 1. The van der Waals surface area contributed by atoms with Gasteiger partial charge >= 0.3 is 0 Å². The van der Waals surface area contributed by atoms with Crippen molar-refractivity contribution in [3.63, 3.8) is 0 Å². The first-order chi connectivity index (χ1) is 12.1. The van der Waals surface area contributed by atoms with Crippen LogP contribution in [0.2, 0.25) is 0 Å². The predicted octanol–water partition coefficient (Wildman–Crippen LogP) is 3.67. The summed E-state index contributed by atoms with van der Waals surface area (Å²) in [4.78, 5) is 19.4. The van der Waals surface area contributed by atoms with Crippen LogP contribution in [0.4, 0.5) is 0 Å². The molecular formula is C21H23N3O. The second-order valence-electron chi connectivity index (χ2n) is 6.90. The highest BCUT2D eigenvalue weighted by Gasteiger charge is 2.29. The minimum Gasteiger partial charge on any atom is -0.340 e. The van der Waals surface area contributed by atoms with Crippen LogP contribution in [0.25, 0.3) is 11.0 Å². The number of hydrogen-bond acceptors (Lipinski definition) is 2. The van der Waals surface area contributed by atoms with E-state index in [1.807, 2.05) is 29.2 Å². The van der Waals surface area contributed by atoms with E-state index in [4.69, 9.17) is 0 Å². The van der Waals surface area contributed by atoms with Gasteiger partial charge in [-0.05, 0) is 43.5 Å². The first-order valence-electron chi connectivity index (χ1n) is 8.89. The molecule has 0 aliphatic carbocycles. The van der Waals surface area contributed by atoms with Crippen molar-refractivity contribution in [3.8, 4) is 0 Å². The third-order valence-corrected chi connectivity index (χ3v) is 5.26. The molecule has 1 atom stereocenters.